The van der Waals surface area contributed by atoms with Crippen LogP contribution in [-0.4, -0.2) is 101 Å². The molecule has 14 nitrogen and oxygen atoms in total. The summed E-state index contributed by atoms with van der Waals surface area (Å²) in [6.07, 6.45) is 4.15. The van der Waals surface area contributed by atoms with E-state index in [1.807, 2.05) is 42.5 Å². The predicted octanol–water partition coefficient (Wildman–Crippen LogP) is 6.12. The first-order chi connectivity index (χ1) is 32.1. The number of rotatable bonds is 4. The van der Waals surface area contributed by atoms with Crippen molar-refractivity contribution in [2.75, 3.05) is 27.3 Å². The fourth-order valence-electron chi connectivity index (χ4n) is 10.3. The highest BCUT2D eigenvalue weighted by molar-refractivity contribution is 9.10. The molecule has 6 unspecified atom stereocenters. The van der Waals surface area contributed by atoms with E-state index in [2.05, 4.69) is 48.6 Å². The Morgan fingerprint density at radius 3 is 1.57 bits per heavy atom. The standard InChI is InChI=1S/C25H28FN3O3.C19H24BrN3O3.C6H6BFO2/c1-24(2)13-17(9-10-31-24)21-14-25(22(30)29(3)23(27)28-25)19-12-16(7-8-20(19)32-21)15-5-4-6-18(26)11-15;1-18(2)9-11(6-7-25-18)15-10-19(16(24)23(3)17(21)22-19)13-8-12(20)4-5-14(13)26-15;8-6-3-1-2-5(4-6)7(9)10/h4-8,11-12,17,21H,9-10,13-14H2,1-3H3,(H2,27,28);4-5,8,11,15H,6-7,9-10H2,1-3H3,(H2,21,22);1-4,9-10H. The number of fused-ring (bicyclic) bond motifs is 4. The highest BCUT2D eigenvalue weighted by Crippen LogP contribution is 2.51. The quantitative estimate of drug-likeness (QED) is 0.173. The Morgan fingerprint density at radius 2 is 1.13 bits per heavy atom. The summed E-state index contributed by atoms with van der Waals surface area (Å²) >= 11 is 3.50. The topological polar surface area (TPSA) is 195 Å². The van der Waals surface area contributed by atoms with Gasteiger partial charge in [-0.2, -0.15) is 0 Å². The molecule has 68 heavy (non-hydrogen) atoms. The molecular formula is C50H58BBrF2N6O8. The third kappa shape index (κ3) is 9.75. The van der Waals surface area contributed by atoms with Crippen molar-refractivity contribution >= 4 is 52.2 Å². The molecule has 2 saturated heterocycles. The third-order valence-electron chi connectivity index (χ3n) is 13.8. The van der Waals surface area contributed by atoms with E-state index in [4.69, 9.17) is 45.5 Å². The number of carbonyl (C=O) groups is 2. The highest BCUT2D eigenvalue weighted by Gasteiger charge is 2.57. The van der Waals surface area contributed by atoms with Gasteiger partial charge in [-0.3, -0.25) is 19.4 Å². The normalized spacial score (nSPS) is 27.6. The number of hydrogen-bond acceptors (Lipinski definition) is 12. The second-order valence-corrected chi connectivity index (χ2v) is 20.5. The van der Waals surface area contributed by atoms with Gasteiger partial charge in [0.1, 0.15) is 35.3 Å². The van der Waals surface area contributed by atoms with Crippen LogP contribution >= 0.6 is 15.9 Å². The fourth-order valence-corrected chi connectivity index (χ4v) is 10.7. The zero-order chi connectivity index (χ0) is 48.9. The van der Waals surface area contributed by atoms with Gasteiger partial charge in [0.2, 0.25) is 0 Å². The lowest BCUT2D eigenvalue weighted by atomic mass is 9.74. The number of hydrogen-bond donors (Lipinski definition) is 4. The minimum Gasteiger partial charge on any atom is -0.490 e. The van der Waals surface area contributed by atoms with E-state index < -0.39 is 24.0 Å². The van der Waals surface area contributed by atoms with Gasteiger partial charge >= 0.3 is 7.12 Å². The molecule has 0 saturated carbocycles. The van der Waals surface area contributed by atoms with Crippen LogP contribution in [0, 0.1) is 23.5 Å². The minimum atomic E-state index is -1.59. The van der Waals surface area contributed by atoms with Crippen LogP contribution in [0.5, 0.6) is 11.5 Å². The summed E-state index contributed by atoms with van der Waals surface area (Å²) in [4.78, 5) is 38.9. The van der Waals surface area contributed by atoms with E-state index in [-0.39, 0.29) is 64.3 Å². The first-order valence-electron chi connectivity index (χ1n) is 22.8. The molecule has 2 fully saturated rings. The molecule has 6 heterocycles. The second kappa shape index (κ2) is 18.8. The van der Waals surface area contributed by atoms with Gasteiger partial charge in [0.15, 0.2) is 23.0 Å². The van der Waals surface area contributed by atoms with Crippen LogP contribution in [0.4, 0.5) is 8.78 Å². The minimum absolute atomic E-state index is 0.0889. The molecule has 6 aliphatic heterocycles. The number of amides is 2. The molecule has 0 bridgehead atoms. The van der Waals surface area contributed by atoms with Crippen molar-refractivity contribution in [1.29, 1.82) is 0 Å². The molecular weight excluding hydrogens is 941 g/mol. The molecule has 0 aromatic heterocycles. The van der Waals surface area contributed by atoms with E-state index in [1.165, 1.54) is 40.1 Å². The van der Waals surface area contributed by atoms with Crippen LogP contribution in [0.1, 0.15) is 77.3 Å². The van der Waals surface area contributed by atoms with Gasteiger partial charge in [-0.15, -0.1) is 0 Å². The van der Waals surface area contributed by atoms with Gasteiger partial charge in [-0.1, -0.05) is 46.3 Å². The summed E-state index contributed by atoms with van der Waals surface area (Å²) in [5.74, 6) is 1.32. The first-order valence-corrected chi connectivity index (χ1v) is 23.6. The Hall–Kier alpha value is -5.40. The molecule has 6 atom stereocenters. The molecule has 360 valence electrons. The Balaban J connectivity index is 0.000000155. The lowest BCUT2D eigenvalue weighted by Gasteiger charge is -2.44. The zero-order valence-corrected chi connectivity index (χ0v) is 40.6. The number of likely N-dealkylation sites (N-methyl/N-ethyl adjacent to an activating group) is 2. The number of carbonyl (C=O) groups excluding carboxylic acids is 2. The van der Waals surface area contributed by atoms with E-state index >= 15 is 0 Å². The van der Waals surface area contributed by atoms with E-state index in [0.29, 0.717) is 49.0 Å². The summed E-state index contributed by atoms with van der Waals surface area (Å²) in [7, 11) is 1.74. The van der Waals surface area contributed by atoms with E-state index in [9.17, 15) is 18.4 Å². The summed E-state index contributed by atoms with van der Waals surface area (Å²) in [6.45, 7) is 9.75. The molecule has 6 aliphatic rings. The average molecular weight is 1000 g/mol. The maximum Gasteiger partial charge on any atom is 0.488 e. The third-order valence-corrected chi connectivity index (χ3v) is 14.3. The van der Waals surface area contributed by atoms with Gasteiger partial charge < -0.3 is 40.5 Å². The largest absolute Gasteiger partial charge is 0.490 e. The maximum absolute atomic E-state index is 13.8. The summed E-state index contributed by atoms with van der Waals surface area (Å²) < 4.78 is 51.6. The molecule has 2 amide bonds. The molecule has 2 spiro atoms. The van der Waals surface area contributed by atoms with Gasteiger partial charge in [0, 0.05) is 67.6 Å². The van der Waals surface area contributed by atoms with Gasteiger partial charge in [-0.05, 0) is 125 Å². The van der Waals surface area contributed by atoms with Crippen molar-refractivity contribution in [2.45, 2.75) is 101 Å². The van der Waals surface area contributed by atoms with Crippen LogP contribution in [0.15, 0.2) is 99.4 Å². The molecule has 4 aromatic rings. The Labute approximate surface area is 404 Å². The lowest BCUT2D eigenvalue weighted by Crippen LogP contribution is -2.49. The summed E-state index contributed by atoms with van der Waals surface area (Å²) in [5, 5.41) is 17.1. The number of ether oxygens (including phenoxy) is 4. The molecule has 10 rings (SSSR count). The molecule has 6 N–H and O–H groups in total. The zero-order valence-electron chi connectivity index (χ0n) is 39.0. The smallest absolute Gasteiger partial charge is 0.488 e. The Morgan fingerprint density at radius 1 is 0.662 bits per heavy atom. The monoisotopic (exact) mass is 998 g/mol. The molecule has 0 radical (unpaired) electrons. The van der Waals surface area contributed by atoms with Crippen LogP contribution in [0.2, 0.25) is 0 Å². The Kier molecular flexibility index (Phi) is 13.6. The van der Waals surface area contributed by atoms with Crippen molar-refractivity contribution in [3.63, 3.8) is 0 Å². The van der Waals surface area contributed by atoms with E-state index in [1.54, 1.807) is 20.2 Å². The van der Waals surface area contributed by atoms with Crippen molar-refractivity contribution in [1.82, 2.24) is 9.80 Å². The summed E-state index contributed by atoms with van der Waals surface area (Å²) in [6, 6.07) is 23.0. The highest BCUT2D eigenvalue weighted by atomic mass is 79.9. The van der Waals surface area contributed by atoms with Gasteiger partial charge in [0.25, 0.3) is 11.8 Å². The van der Waals surface area contributed by atoms with Crippen LogP contribution in [-0.2, 0) is 30.1 Å². The predicted molar refractivity (Wildman–Crippen MR) is 258 cm³/mol. The first kappa shape index (κ1) is 49.0. The lowest BCUT2D eigenvalue weighted by molar-refractivity contribution is -0.135. The van der Waals surface area contributed by atoms with Crippen molar-refractivity contribution < 1.29 is 47.4 Å². The number of nitrogens with zero attached hydrogens (tertiary/aromatic N) is 4. The number of benzene rings is 4. The van der Waals surface area contributed by atoms with Crippen molar-refractivity contribution in [3.8, 4) is 22.6 Å². The second-order valence-electron chi connectivity index (χ2n) is 19.6. The number of halogens is 3. The summed E-state index contributed by atoms with van der Waals surface area (Å²) in [5.41, 5.74) is 12.7. The molecule has 4 aromatic carbocycles. The van der Waals surface area contributed by atoms with Crippen molar-refractivity contribution in [2.24, 2.45) is 33.3 Å². The average Bonchev–Trinajstić information content (AvgIpc) is 3.63. The molecule has 18 heteroatoms. The number of nitrogens with two attached hydrogens (primary N) is 2. The Bertz CT molecular complexity index is 2650. The van der Waals surface area contributed by atoms with Crippen LogP contribution in [0.3, 0.4) is 0 Å². The van der Waals surface area contributed by atoms with E-state index in [0.717, 1.165) is 52.9 Å². The number of aliphatic imine (C=N–C) groups is 2. The van der Waals surface area contributed by atoms with Gasteiger partial charge in [0.05, 0.1) is 11.2 Å². The maximum atomic E-state index is 13.8. The van der Waals surface area contributed by atoms with Gasteiger partial charge in [-0.25, -0.2) is 18.8 Å². The SMILES string of the molecule is CN1C(=O)C2(CC(C3CCOC(C)(C)C3)Oc3ccc(-c4cccc(F)c4)cc32)N=C1N.CN1C(=O)C2(CC(C3CCOC(C)(C)C3)Oc3ccc(Br)cc32)N=C1N.OB(O)c1cccc(F)c1. The van der Waals surface area contributed by atoms with Crippen LogP contribution in [0.25, 0.3) is 11.1 Å². The number of guanidine groups is 2. The van der Waals surface area contributed by atoms with Crippen molar-refractivity contribution in [3.05, 3.63) is 112 Å². The van der Waals surface area contributed by atoms with Crippen LogP contribution < -0.4 is 26.4 Å². The fraction of sp³-hybridized carbons (Fsp3) is 0.440. The molecule has 0 aliphatic carbocycles.